The summed E-state index contributed by atoms with van der Waals surface area (Å²) in [6, 6.07) is 12.2. The molecule has 4 rings (SSSR count). The maximum atomic E-state index is 12.8. The molecule has 0 aliphatic carbocycles. The molecule has 0 radical (unpaired) electrons. The Labute approximate surface area is 187 Å². The molecule has 32 heavy (non-hydrogen) atoms. The fourth-order valence-corrected chi connectivity index (χ4v) is 5.06. The van der Waals surface area contributed by atoms with Crippen molar-refractivity contribution >= 4 is 21.6 Å². The fraction of sp³-hybridized carbons (Fsp3) is 0.261. The summed E-state index contributed by atoms with van der Waals surface area (Å²) in [5.74, 6) is 0.969. The van der Waals surface area contributed by atoms with Crippen LogP contribution < -0.4 is 10.1 Å². The molecule has 9 heteroatoms. The van der Waals surface area contributed by atoms with Crippen LogP contribution in [-0.4, -0.2) is 41.7 Å². The van der Waals surface area contributed by atoms with Crippen molar-refractivity contribution in [2.75, 3.05) is 18.4 Å². The molecule has 3 aromatic rings. The average molecular weight is 453 g/mol. The monoisotopic (exact) mass is 452 g/mol. The standard InChI is InChI=1S/C23H24N4O4S/c1-17-14-19(6-7-22(17)31-20-4-2-10-24-15-20)26-23(28)18-8-12-27(13-9-18)32(29,30)21-5-3-11-25-16-21/h2-7,10-11,14-16,18H,8-9,12-13H2,1H3,(H,26,28). The van der Waals surface area contributed by atoms with Crippen molar-refractivity contribution in [3.05, 3.63) is 72.8 Å². The van der Waals surface area contributed by atoms with Crippen molar-refractivity contribution in [2.24, 2.45) is 5.92 Å². The molecule has 1 amide bonds. The predicted molar refractivity (Wildman–Crippen MR) is 120 cm³/mol. The first-order valence-electron chi connectivity index (χ1n) is 10.3. The number of aryl methyl sites for hydroxylation is 1. The van der Waals surface area contributed by atoms with Gasteiger partial charge in [-0.3, -0.25) is 14.8 Å². The van der Waals surface area contributed by atoms with Gasteiger partial charge in [-0.05, 0) is 67.8 Å². The summed E-state index contributed by atoms with van der Waals surface area (Å²) < 4.78 is 32.7. The lowest BCUT2D eigenvalue weighted by Gasteiger charge is -2.30. The zero-order chi connectivity index (χ0) is 22.6. The Morgan fingerprint density at radius 2 is 1.78 bits per heavy atom. The number of aromatic nitrogens is 2. The minimum Gasteiger partial charge on any atom is -0.455 e. The Morgan fingerprint density at radius 3 is 2.41 bits per heavy atom. The van der Waals surface area contributed by atoms with E-state index in [0.29, 0.717) is 43.1 Å². The van der Waals surface area contributed by atoms with Crippen LogP contribution in [0.3, 0.4) is 0 Å². The van der Waals surface area contributed by atoms with E-state index in [1.165, 1.54) is 22.8 Å². The number of sulfonamides is 1. The van der Waals surface area contributed by atoms with Crippen molar-refractivity contribution in [3.8, 4) is 11.5 Å². The van der Waals surface area contributed by atoms with Crippen LogP contribution in [0.4, 0.5) is 5.69 Å². The van der Waals surface area contributed by atoms with E-state index >= 15 is 0 Å². The van der Waals surface area contributed by atoms with E-state index in [-0.39, 0.29) is 16.7 Å². The minimum atomic E-state index is -3.59. The highest BCUT2D eigenvalue weighted by Crippen LogP contribution is 2.28. The smallest absolute Gasteiger partial charge is 0.244 e. The van der Waals surface area contributed by atoms with Crippen molar-refractivity contribution < 1.29 is 17.9 Å². The van der Waals surface area contributed by atoms with Crippen LogP contribution in [0.25, 0.3) is 0 Å². The maximum Gasteiger partial charge on any atom is 0.244 e. The highest BCUT2D eigenvalue weighted by atomic mass is 32.2. The molecule has 3 heterocycles. The van der Waals surface area contributed by atoms with Gasteiger partial charge in [-0.1, -0.05) is 0 Å². The number of hydrogen-bond donors (Lipinski definition) is 1. The van der Waals surface area contributed by atoms with E-state index in [2.05, 4.69) is 15.3 Å². The molecule has 1 aromatic carbocycles. The Balaban J connectivity index is 1.34. The Morgan fingerprint density at radius 1 is 1.06 bits per heavy atom. The van der Waals surface area contributed by atoms with Gasteiger partial charge in [-0.15, -0.1) is 0 Å². The normalized spacial score (nSPS) is 15.3. The summed E-state index contributed by atoms with van der Waals surface area (Å²) in [7, 11) is -3.59. The third kappa shape index (κ3) is 4.95. The molecule has 1 aliphatic heterocycles. The minimum absolute atomic E-state index is 0.108. The van der Waals surface area contributed by atoms with E-state index in [9.17, 15) is 13.2 Å². The number of hydrogen-bond acceptors (Lipinski definition) is 6. The van der Waals surface area contributed by atoms with Crippen LogP contribution in [-0.2, 0) is 14.8 Å². The Hall–Kier alpha value is -3.30. The molecule has 0 atom stereocenters. The van der Waals surface area contributed by atoms with E-state index < -0.39 is 10.0 Å². The summed E-state index contributed by atoms with van der Waals surface area (Å²) in [4.78, 5) is 20.8. The van der Waals surface area contributed by atoms with Crippen LogP contribution in [0.15, 0.2) is 72.1 Å². The van der Waals surface area contributed by atoms with Gasteiger partial charge in [0.2, 0.25) is 15.9 Å². The largest absolute Gasteiger partial charge is 0.455 e. The molecule has 0 spiro atoms. The number of rotatable bonds is 6. The summed E-state index contributed by atoms with van der Waals surface area (Å²) in [6.07, 6.45) is 7.12. The van der Waals surface area contributed by atoms with Crippen LogP contribution in [0.5, 0.6) is 11.5 Å². The number of nitrogens with zero attached hydrogens (tertiary/aromatic N) is 3. The van der Waals surface area contributed by atoms with Gasteiger partial charge in [-0.25, -0.2) is 8.42 Å². The Kier molecular flexibility index (Phi) is 6.48. The molecule has 1 aliphatic rings. The number of amides is 1. The zero-order valence-electron chi connectivity index (χ0n) is 17.6. The second-order valence-corrected chi connectivity index (χ2v) is 9.57. The lowest BCUT2D eigenvalue weighted by molar-refractivity contribution is -0.120. The predicted octanol–water partition coefficient (Wildman–Crippen LogP) is 3.62. The van der Waals surface area contributed by atoms with Gasteiger partial charge in [0.05, 0.1) is 6.20 Å². The third-order valence-corrected chi connectivity index (χ3v) is 7.28. The van der Waals surface area contributed by atoms with E-state index in [0.717, 1.165) is 5.56 Å². The molecular formula is C23H24N4O4S. The van der Waals surface area contributed by atoms with Crippen molar-refractivity contribution in [1.29, 1.82) is 0 Å². The molecule has 166 valence electrons. The molecule has 8 nitrogen and oxygen atoms in total. The molecule has 2 aromatic heterocycles. The second-order valence-electron chi connectivity index (χ2n) is 7.63. The summed E-state index contributed by atoms with van der Waals surface area (Å²) >= 11 is 0. The summed E-state index contributed by atoms with van der Waals surface area (Å²) in [6.45, 7) is 2.50. The summed E-state index contributed by atoms with van der Waals surface area (Å²) in [5, 5.41) is 2.94. The van der Waals surface area contributed by atoms with Crippen LogP contribution in [0, 0.1) is 12.8 Å². The van der Waals surface area contributed by atoms with Gasteiger partial charge in [0.25, 0.3) is 0 Å². The first-order chi connectivity index (χ1) is 15.4. The third-order valence-electron chi connectivity index (χ3n) is 5.40. The number of ether oxygens (including phenoxy) is 1. The number of benzene rings is 1. The van der Waals surface area contributed by atoms with Gasteiger partial charge in [0.15, 0.2) is 0 Å². The van der Waals surface area contributed by atoms with E-state index in [1.54, 1.807) is 36.7 Å². The van der Waals surface area contributed by atoms with Crippen molar-refractivity contribution in [3.63, 3.8) is 0 Å². The molecule has 0 unspecified atom stereocenters. The quantitative estimate of drug-likeness (QED) is 0.613. The number of carbonyl (C=O) groups is 1. The number of pyridine rings is 2. The first-order valence-corrected chi connectivity index (χ1v) is 11.8. The second kappa shape index (κ2) is 9.46. The lowest BCUT2D eigenvalue weighted by atomic mass is 9.97. The van der Waals surface area contributed by atoms with E-state index in [1.807, 2.05) is 19.1 Å². The highest BCUT2D eigenvalue weighted by Gasteiger charge is 2.32. The number of carbonyl (C=O) groups excluding carboxylic acids is 1. The molecule has 1 fully saturated rings. The highest BCUT2D eigenvalue weighted by molar-refractivity contribution is 7.89. The lowest BCUT2D eigenvalue weighted by Crippen LogP contribution is -2.41. The number of nitrogens with one attached hydrogen (secondary N) is 1. The van der Waals surface area contributed by atoms with Gasteiger partial charge in [-0.2, -0.15) is 4.31 Å². The Bertz CT molecular complexity index is 1180. The molecule has 1 saturated heterocycles. The average Bonchev–Trinajstić information content (AvgIpc) is 2.82. The molecule has 1 N–H and O–H groups in total. The van der Waals surface area contributed by atoms with Crippen LogP contribution in [0.2, 0.25) is 0 Å². The summed E-state index contributed by atoms with van der Waals surface area (Å²) in [5.41, 5.74) is 1.56. The maximum absolute atomic E-state index is 12.8. The van der Waals surface area contributed by atoms with E-state index in [4.69, 9.17) is 4.74 Å². The molecular weight excluding hydrogens is 428 g/mol. The fourth-order valence-electron chi connectivity index (χ4n) is 3.63. The zero-order valence-corrected chi connectivity index (χ0v) is 18.5. The van der Waals surface area contributed by atoms with Crippen LogP contribution in [0.1, 0.15) is 18.4 Å². The van der Waals surface area contributed by atoms with Gasteiger partial charge >= 0.3 is 0 Å². The topological polar surface area (TPSA) is 101 Å². The number of anilines is 1. The number of piperidine rings is 1. The van der Waals surface area contributed by atoms with Gasteiger partial charge < -0.3 is 10.1 Å². The first kappa shape index (κ1) is 21.9. The van der Waals surface area contributed by atoms with Crippen molar-refractivity contribution in [1.82, 2.24) is 14.3 Å². The molecule has 0 bridgehead atoms. The molecule has 0 saturated carbocycles. The van der Waals surface area contributed by atoms with Crippen LogP contribution >= 0.6 is 0 Å². The van der Waals surface area contributed by atoms with Crippen molar-refractivity contribution in [2.45, 2.75) is 24.7 Å². The SMILES string of the molecule is Cc1cc(NC(=O)C2CCN(S(=O)(=O)c3cccnc3)CC2)ccc1Oc1cccnc1. The van der Waals surface area contributed by atoms with Gasteiger partial charge in [0, 0.05) is 43.3 Å². The van der Waals surface area contributed by atoms with Gasteiger partial charge in [0.1, 0.15) is 16.4 Å².